The van der Waals surface area contributed by atoms with Gasteiger partial charge in [0, 0.05) is 6.20 Å². The molecule has 0 spiro atoms. The molecule has 0 atom stereocenters. The van der Waals surface area contributed by atoms with Crippen molar-refractivity contribution >= 4 is 17.4 Å². The van der Waals surface area contributed by atoms with Crippen LogP contribution in [0.15, 0.2) is 23.6 Å². The van der Waals surface area contributed by atoms with E-state index < -0.39 is 0 Å². The molecular formula is C6H5N3O. The molecular weight excluding hydrogens is 130 g/mol. The van der Waals surface area contributed by atoms with Crippen molar-refractivity contribution in [1.29, 1.82) is 0 Å². The summed E-state index contributed by atoms with van der Waals surface area (Å²) in [7, 11) is 0. The molecule has 2 heterocycles. The Hall–Kier alpha value is -1.58. The molecule has 0 unspecified atom stereocenters. The highest BCUT2D eigenvalue weighted by Crippen LogP contribution is 2.09. The number of rotatable bonds is 1. The average molecular weight is 135 g/mol. The molecule has 2 rings (SSSR count). The molecule has 0 N–H and O–H groups in total. The summed E-state index contributed by atoms with van der Waals surface area (Å²) in [5.74, 6) is 0. The van der Waals surface area contributed by atoms with E-state index in [9.17, 15) is 0 Å². The van der Waals surface area contributed by atoms with Crippen molar-refractivity contribution in [2.45, 2.75) is 0 Å². The van der Waals surface area contributed by atoms with Gasteiger partial charge in [-0.05, 0) is 0 Å². The predicted octanol–water partition coefficient (Wildman–Crippen LogP) is 1.12. The molecule has 0 bridgehead atoms. The second-order valence-electron chi connectivity index (χ2n) is 1.85. The van der Waals surface area contributed by atoms with Crippen molar-refractivity contribution < 1.29 is 4.52 Å². The first-order chi connectivity index (χ1) is 4.92. The molecule has 2 aromatic heterocycles. The zero-order valence-electron chi connectivity index (χ0n) is 5.19. The predicted molar refractivity (Wildman–Crippen MR) is 36.2 cm³/mol. The van der Waals surface area contributed by atoms with Crippen molar-refractivity contribution in [1.82, 2.24) is 14.7 Å². The van der Waals surface area contributed by atoms with E-state index in [4.69, 9.17) is 4.52 Å². The topological polar surface area (TPSA) is 43.9 Å². The molecule has 0 saturated carbocycles. The molecule has 0 amide bonds. The minimum Gasteiger partial charge on any atom is -0.334 e. The van der Waals surface area contributed by atoms with Gasteiger partial charge < -0.3 is 9.09 Å². The van der Waals surface area contributed by atoms with Gasteiger partial charge in [-0.2, -0.15) is 4.98 Å². The lowest BCUT2D eigenvalue weighted by molar-refractivity contribution is 0.449. The number of imidazole rings is 1. The Morgan fingerprint density at radius 3 is 3.40 bits per heavy atom. The molecule has 0 aliphatic heterocycles. The quantitative estimate of drug-likeness (QED) is 0.588. The Morgan fingerprint density at radius 1 is 1.70 bits per heavy atom. The summed E-state index contributed by atoms with van der Waals surface area (Å²) >= 11 is 0. The van der Waals surface area contributed by atoms with Crippen molar-refractivity contribution in [3.05, 3.63) is 19.1 Å². The van der Waals surface area contributed by atoms with Crippen LogP contribution in [0.25, 0.3) is 17.4 Å². The average Bonchev–Trinajstić information content (AvgIpc) is 2.44. The van der Waals surface area contributed by atoms with E-state index in [1.165, 1.54) is 0 Å². The van der Waals surface area contributed by atoms with Gasteiger partial charge in [-0.25, -0.2) is 0 Å². The van der Waals surface area contributed by atoms with Gasteiger partial charge >= 0.3 is 0 Å². The third-order valence-electron chi connectivity index (χ3n) is 1.31. The highest BCUT2D eigenvalue weighted by Gasteiger charge is 2.01. The van der Waals surface area contributed by atoms with Crippen molar-refractivity contribution in [2.24, 2.45) is 0 Å². The highest BCUT2D eigenvalue weighted by molar-refractivity contribution is 5.69. The molecule has 50 valence electrons. The number of nitrogens with zero attached hydrogens (tertiary/aromatic N) is 3. The molecule has 2 aromatic rings. The van der Waals surface area contributed by atoms with Crippen molar-refractivity contribution in [3.8, 4) is 0 Å². The molecule has 10 heavy (non-hydrogen) atoms. The molecule has 4 nitrogen and oxygen atoms in total. The summed E-state index contributed by atoms with van der Waals surface area (Å²) in [6.45, 7) is 3.59. The van der Waals surface area contributed by atoms with Crippen LogP contribution in [0.3, 0.4) is 0 Å². The van der Waals surface area contributed by atoms with Crippen LogP contribution in [0.2, 0.25) is 0 Å². The molecule has 0 aliphatic carbocycles. The van der Waals surface area contributed by atoms with Crippen LogP contribution in [0.1, 0.15) is 0 Å². The van der Waals surface area contributed by atoms with Crippen LogP contribution < -0.4 is 0 Å². The number of hydrogen-bond acceptors (Lipinski definition) is 3. The first kappa shape index (κ1) is 5.22. The van der Waals surface area contributed by atoms with Gasteiger partial charge in [-0.3, -0.25) is 0 Å². The molecule has 0 aromatic carbocycles. The summed E-state index contributed by atoms with van der Waals surface area (Å²) in [5, 5.41) is 3.56. The van der Waals surface area contributed by atoms with Gasteiger partial charge in [-0.1, -0.05) is 11.7 Å². The standard InChI is InChI=1S/C6H5N3O/c1-2-9-4-7-6-5(9)3-8-10-6/h2-4H,1H2. The van der Waals surface area contributed by atoms with E-state index in [-0.39, 0.29) is 0 Å². The Morgan fingerprint density at radius 2 is 2.60 bits per heavy atom. The molecule has 0 radical (unpaired) electrons. The fraction of sp³-hybridized carbons (Fsp3) is 0. The van der Waals surface area contributed by atoms with Gasteiger partial charge in [-0.15, -0.1) is 0 Å². The van der Waals surface area contributed by atoms with E-state index in [1.807, 2.05) is 0 Å². The number of fused-ring (bicyclic) bond motifs is 1. The van der Waals surface area contributed by atoms with Crippen LogP contribution in [-0.2, 0) is 0 Å². The second-order valence-corrected chi connectivity index (χ2v) is 1.85. The van der Waals surface area contributed by atoms with Crippen molar-refractivity contribution in [2.75, 3.05) is 0 Å². The van der Waals surface area contributed by atoms with Gasteiger partial charge in [0.05, 0.1) is 6.20 Å². The minimum atomic E-state index is 0.542. The van der Waals surface area contributed by atoms with Gasteiger partial charge in [0.25, 0.3) is 5.71 Å². The van der Waals surface area contributed by atoms with Crippen LogP contribution in [0.4, 0.5) is 0 Å². The van der Waals surface area contributed by atoms with Gasteiger partial charge in [0.2, 0.25) is 0 Å². The normalized spacial score (nSPS) is 10.4. The van der Waals surface area contributed by atoms with Gasteiger partial charge in [0.15, 0.2) is 0 Å². The van der Waals surface area contributed by atoms with E-state index in [2.05, 4.69) is 16.7 Å². The second kappa shape index (κ2) is 1.70. The number of hydrogen-bond donors (Lipinski definition) is 0. The third kappa shape index (κ3) is 0.500. The first-order valence-electron chi connectivity index (χ1n) is 2.81. The lowest BCUT2D eigenvalue weighted by atomic mass is 10.6. The monoisotopic (exact) mass is 135 g/mol. The van der Waals surface area contributed by atoms with E-state index in [0.717, 1.165) is 5.52 Å². The fourth-order valence-electron chi connectivity index (χ4n) is 0.817. The van der Waals surface area contributed by atoms with Crippen LogP contribution in [0.5, 0.6) is 0 Å². The van der Waals surface area contributed by atoms with Crippen LogP contribution >= 0.6 is 0 Å². The minimum absolute atomic E-state index is 0.542. The summed E-state index contributed by atoms with van der Waals surface area (Å²) in [6.07, 6.45) is 4.87. The maximum absolute atomic E-state index is 4.77. The zero-order chi connectivity index (χ0) is 6.97. The molecule has 4 heteroatoms. The Balaban J connectivity index is 2.88. The summed E-state index contributed by atoms with van der Waals surface area (Å²) in [6, 6.07) is 0. The smallest absolute Gasteiger partial charge is 0.276 e. The van der Waals surface area contributed by atoms with E-state index in [0.29, 0.717) is 5.71 Å². The summed E-state index contributed by atoms with van der Waals surface area (Å²) < 4.78 is 6.51. The Bertz CT molecular complexity index is 360. The lowest BCUT2D eigenvalue weighted by Crippen LogP contribution is -1.77. The Labute approximate surface area is 56.8 Å². The SMILES string of the molecule is C=Cn1cnc2oncc21. The van der Waals surface area contributed by atoms with Crippen LogP contribution in [0, 0.1) is 0 Å². The lowest BCUT2D eigenvalue weighted by Gasteiger charge is -1.84. The zero-order valence-corrected chi connectivity index (χ0v) is 5.19. The van der Waals surface area contributed by atoms with Crippen molar-refractivity contribution in [3.63, 3.8) is 0 Å². The first-order valence-corrected chi connectivity index (χ1v) is 2.81. The summed E-state index contributed by atoms with van der Waals surface area (Å²) in [4.78, 5) is 3.91. The van der Waals surface area contributed by atoms with Gasteiger partial charge in [0.1, 0.15) is 11.8 Å². The molecule has 0 saturated heterocycles. The Kier molecular flexibility index (Phi) is 0.887. The van der Waals surface area contributed by atoms with Crippen LogP contribution in [-0.4, -0.2) is 14.7 Å². The molecule has 0 aliphatic rings. The van der Waals surface area contributed by atoms with E-state index in [1.54, 1.807) is 23.3 Å². The number of aromatic nitrogens is 3. The maximum Gasteiger partial charge on any atom is 0.276 e. The highest BCUT2D eigenvalue weighted by atomic mass is 16.5. The third-order valence-corrected chi connectivity index (χ3v) is 1.31. The molecule has 0 fully saturated rings. The maximum atomic E-state index is 4.77. The fourth-order valence-corrected chi connectivity index (χ4v) is 0.817. The van der Waals surface area contributed by atoms with E-state index >= 15 is 0 Å². The summed E-state index contributed by atoms with van der Waals surface area (Å²) in [5.41, 5.74) is 1.38. The largest absolute Gasteiger partial charge is 0.334 e.